The highest BCUT2D eigenvalue weighted by molar-refractivity contribution is 7.09. The molecule has 0 saturated carbocycles. The average molecular weight is 301 g/mol. The minimum absolute atomic E-state index is 0.0320. The van der Waals surface area contributed by atoms with Gasteiger partial charge < -0.3 is 5.32 Å². The average Bonchev–Trinajstić information content (AvgIpc) is 2.95. The van der Waals surface area contributed by atoms with Crippen molar-refractivity contribution in [3.05, 3.63) is 46.4 Å². The molecule has 1 aliphatic rings. The number of para-hydroxylation sites is 1. The van der Waals surface area contributed by atoms with Gasteiger partial charge in [-0.3, -0.25) is 10.1 Å². The number of hydrogen-bond acceptors (Lipinski definition) is 4. The number of rotatable bonds is 3. The number of aryl methyl sites for hydroxylation is 1. The number of amides is 1. The van der Waals surface area contributed by atoms with Crippen molar-refractivity contribution in [2.24, 2.45) is 0 Å². The molecule has 2 heterocycles. The summed E-state index contributed by atoms with van der Waals surface area (Å²) >= 11 is 1.61. The van der Waals surface area contributed by atoms with Crippen molar-refractivity contribution < 1.29 is 4.79 Å². The Balaban J connectivity index is 1.77. The summed E-state index contributed by atoms with van der Waals surface area (Å²) in [7, 11) is 0. The van der Waals surface area contributed by atoms with Crippen LogP contribution < -0.4 is 10.6 Å². The number of nitrogens with one attached hydrogen (secondary N) is 2. The second-order valence-electron chi connectivity index (χ2n) is 5.84. The van der Waals surface area contributed by atoms with Crippen molar-refractivity contribution in [1.82, 2.24) is 10.3 Å². The van der Waals surface area contributed by atoms with Crippen LogP contribution in [0.2, 0.25) is 0 Å². The van der Waals surface area contributed by atoms with Crippen molar-refractivity contribution >= 4 is 22.9 Å². The van der Waals surface area contributed by atoms with E-state index in [9.17, 15) is 4.79 Å². The van der Waals surface area contributed by atoms with Gasteiger partial charge >= 0.3 is 0 Å². The molecule has 2 N–H and O–H groups in total. The maximum atomic E-state index is 12.4. The summed E-state index contributed by atoms with van der Waals surface area (Å²) in [4.78, 5) is 16.8. The van der Waals surface area contributed by atoms with E-state index < -0.39 is 0 Å². The molecule has 0 radical (unpaired) electrons. The van der Waals surface area contributed by atoms with Gasteiger partial charge in [0.2, 0.25) is 5.91 Å². The van der Waals surface area contributed by atoms with Gasteiger partial charge in [-0.2, -0.15) is 0 Å². The van der Waals surface area contributed by atoms with Crippen LogP contribution in [0.4, 0.5) is 5.69 Å². The van der Waals surface area contributed by atoms with E-state index in [1.165, 1.54) is 5.56 Å². The molecular weight excluding hydrogens is 282 g/mol. The van der Waals surface area contributed by atoms with Crippen LogP contribution in [0.5, 0.6) is 0 Å². The third kappa shape index (κ3) is 2.99. The van der Waals surface area contributed by atoms with Crippen LogP contribution in [-0.4, -0.2) is 16.9 Å². The molecule has 21 heavy (non-hydrogen) atoms. The molecule has 1 aliphatic heterocycles. The van der Waals surface area contributed by atoms with E-state index >= 15 is 0 Å². The highest BCUT2D eigenvalue weighted by Crippen LogP contribution is 2.26. The molecule has 0 aliphatic carbocycles. The molecule has 110 valence electrons. The minimum Gasteiger partial charge on any atom is -0.324 e. The minimum atomic E-state index is -0.313. The first-order chi connectivity index (χ1) is 10.1. The van der Waals surface area contributed by atoms with Gasteiger partial charge in [0.25, 0.3) is 0 Å². The van der Waals surface area contributed by atoms with E-state index in [1.807, 2.05) is 23.6 Å². The van der Waals surface area contributed by atoms with E-state index in [-0.39, 0.29) is 17.5 Å². The standard InChI is InChI=1S/C16H19N3OS/c1-16(2,15-17-9-10-21-15)19-13-8-7-11-5-3-4-6-12(11)18-14(13)20/h3-6,9-10,13,19H,7-8H2,1-2H3,(H,18,20). The summed E-state index contributed by atoms with van der Waals surface area (Å²) in [5, 5.41) is 9.44. The van der Waals surface area contributed by atoms with Crippen LogP contribution in [0.15, 0.2) is 35.8 Å². The Morgan fingerprint density at radius 2 is 2.19 bits per heavy atom. The Labute approximate surface area is 128 Å². The SMILES string of the molecule is CC(C)(NC1CCc2ccccc2NC1=O)c1nccs1. The van der Waals surface area contributed by atoms with Gasteiger partial charge in [-0.25, -0.2) is 4.98 Å². The first kappa shape index (κ1) is 14.2. The van der Waals surface area contributed by atoms with Gasteiger partial charge in [0, 0.05) is 17.3 Å². The Kier molecular flexibility index (Phi) is 3.78. The lowest BCUT2D eigenvalue weighted by atomic mass is 10.0. The predicted octanol–water partition coefficient (Wildman–Crippen LogP) is 2.92. The highest BCUT2D eigenvalue weighted by atomic mass is 32.1. The predicted molar refractivity (Wildman–Crippen MR) is 85.5 cm³/mol. The number of carbonyl (C=O) groups is 1. The first-order valence-corrected chi connectivity index (χ1v) is 8.01. The van der Waals surface area contributed by atoms with Gasteiger partial charge in [0.05, 0.1) is 11.6 Å². The number of nitrogens with zero attached hydrogens (tertiary/aromatic N) is 1. The summed E-state index contributed by atoms with van der Waals surface area (Å²) in [6.07, 6.45) is 3.48. The zero-order valence-electron chi connectivity index (χ0n) is 12.2. The number of thiazole rings is 1. The smallest absolute Gasteiger partial charge is 0.241 e. The number of hydrogen-bond donors (Lipinski definition) is 2. The maximum Gasteiger partial charge on any atom is 0.241 e. The molecule has 1 aromatic heterocycles. The molecule has 5 heteroatoms. The van der Waals surface area contributed by atoms with E-state index in [4.69, 9.17) is 0 Å². The second kappa shape index (κ2) is 5.58. The third-order valence-corrected chi connectivity index (χ3v) is 4.89. The lowest BCUT2D eigenvalue weighted by Gasteiger charge is -2.28. The van der Waals surface area contributed by atoms with Crippen LogP contribution in [0.1, 0.15) is 30.8 Å². The number of fused-ring (bicyclic) bond motifs is 1. The molecule has 4 nitrogen and oxygen atoms in total. The molecular formula is C16H19N3OS. The fourth-order valence-electron chi connectivity index (χ4n) is 2.68. The molecule has 1 unspecified atom stereocenters. The van der Waals surface area contributed by atoms with Gasteiger partial charge in [-0.15, -0.1) is 11.3 Å². The van der Waals surface area contributed by atoms with Crippen LogP contribution in [0, 0.1) is 0 Å². The van der Waals surface area contributed by atoms with Gasteiger partial charge in [-0.05, 0) is 38.3 Å². The van der Waals surface area contributed by atoms with Crippen molar-refractivity contribution in [1.29, 1.82) is 0 Å². The van der Waals surface area contributed by atoms with Crippen molar-refractivity contribution in [2.45, 2.75) is 38.3 Å². The van der Waals surface area contributed by atoms with Crippen LogP contribution in [0.3, 0.4) is 0 Å². The zero-order valence-corrected chi connectivity index (χ0v) is 13.0. The molecule has 0 bridgehead atoms. The fourth-order valence-corrected chi connectivity index (χ4v) is 3.40. The topological polar surface area (TPSA) is 54.0 Å². The Morgan fingerprint density at radius 1 is 1.38 bits per heavy atom. The Hall–Kier alpha value is -1.72. The lowest BCUT2D eigenvalue weighted by molar-refractivity contribution is -0.118. The lowest BCUT2D eigenvalue weighted by Crippen LogP contribution is -2.49. The van der Waals surface area contributed by atoms with Crippen molar-refractivity contribution in [3.63, 3.8) is 0 Å². The summed E-state index contributed by atoms with van der Waals surface area (Å²) < 4.78 is 0. The number of benzene rings is 1. The zero-order chi connectivity index (χ0) is 14.9. The summed E-state index contributed by atoms with van der Waals surface area (Å²) in [5.74, 6) is 0.0320. The molecule has 3 rings (SSSR count). The molecule has 0 spiro atoms. The van der Waals surface area contributed by atoms with E-state index in [1.54, 1.807) is 17.5 Å². The summed E-state index contributed by atoms with van der Waals surface area (Å²) in [5.41, 5.74) is 1.81. The van der Waals surface area contributed by atoms with Gasteiger partial charge in [0.15, 0.2) is 0 Å². The van der Waals surface area contributed by atoms with Crippen LogP contribution in [-0.2, 0) is 16.8 Å². The molecule has 0 fully saturated rings. The van der Waals surface area contributed by atoms with E-state index in [0.717, 1.165) is 23.5 Å². The Bertz CT molecular complexity index is 637. The molecule has 1 amide bonds. The quantitative estimate of drug-likeness (QED) is 0.916. The number of carbonyl (C=O) groups excluding carboxylic acids is 1. The second-order valence-corrected chi connectivity index (χ2v) is 6.74. The molecule has 1 aromatic carbocycles. The fraction of sp³-hybridized carbons (Fsp3) is 0.375. The first-order valence-electron chi connectivity index (χ1n) is 7.13. The molecule has 0 saturated heterocycles. The van der Waals surface area contributed by atoms with Gasteiger partial charge in [0.1, 0.15) is 5.01 Å². The third-order valence-electron chi connectivity index (χ3n) is 3.80. The highest BCUT2D eigenvalue weighted by Gasteiger charge is 2.31. The van der Waals surface area contributed by atoms with Crippen LogP contribution >= 0.6 is 11.3 Å². The normalized spacial score (nSPS) is 18.8. The van der Waals surface area contributed by atoms with Crippen molar-refractivity contribution in [3.8, 4) is 0 Å². The summed E-state index contributed by atoms with van der Waals surface area (Å²) in [6, 6.07) is 7.78. The van der Waals surface area contributed by atoms with Crippen molar-refractivity contribution in [2.75, 3.05) is 5.32 Å². The number of aromatic nitrogens is 1. The number of anilines is 1. The maximum absolute atomic E-state index is 12.4. The molecule has 2 aromatic rings. The molecule has 1 atom stereocenters. The Morgan fingerprint density at radius 3 is 2.95 bits per heavy atom. The van der Waals surface area contributed by atoms with E-state index in [2.05, 4.69) is 35.5 Å². The van der Waals surface area contributed by atoms with E-state index in [0.29, 0.717) is 0 Å². The largest absolute Gasteiger partial charge is 0.324 e. The summed E-state index contributed by atoms with van der Waals surface area (Å²) in [6.45, 7) is 4.13. The van der Waals surface area contributed by atoms with Crippen LogP contribution in [0.25, 0.3) is 0 Å². The monoisotopic (exact) mass is 301 g/mol. The van der Waals surface area contributed by atoms with Gasteiger partial charge in [-0.1, -0.05) is 18.2 Å².